The van der Waals surface area contributed by atoms with E-state index in [1.807, 2.05) is 12.1 Å². The van der Waals surface area contributed by atoms with E-state index in [0.717, 1.165) is 15.6 Å². The summed E-state index contributed by atoms with van der Waals surface area (Å²) in [6.45, 7) is 4.20. The molecule has 0 saturated heterocycles. The maximum atomic E-state index is 5.89. The van der Waals surface area contributed by atoms with E-state index in [4.69, 9.17) is 4.42 Å². The van der Waals surface area contributed by atoms with Crippen LogP contribution in [0.2, 0.25) is 0 Å². The molecule has 1 nitrogen and oxygen atoms in total. The molecular weight excluding hydrogens is 264 g/mol. The highest BCUT2D eigenvalue weighted by Crippen LogP contribution is 2.35. The molecule has 0 aliphatic heterocycles. The number of rotatable bonds is 0. The second-order valence-electron chi connectivity index (χ2n) is 4.17. The lowest BCUT2D eigenvalue weighted by Gasteiger charge is -1.97. The number of hydrogen-bond acceptors (Lipinski definition) is 1. The van der Waals surface area contributed by atoms with E-state index >= 15 is 0 Å². The van der Waals surface area contributed by atoms with Crippen LogP contribution >= 0.6 is 15.9 Å². The highest BCUT2D eigenvalue weighted by molar-refractivity contribution is 9.10. The van der Waals surface area contributed by atoms with Gasteiger partial charge in [-0.05, 0) is 43.2 Å². The molecule has 80 valence electrons. The second kappa shape index (κ2) is 3.36. The lowest BCUT2D eigenvalue weighted by Crippen LogP contribution is -1.77. The van der Waals surface area contributed by atoms with Gasteiger partial charge in [0, 0.05) is 15.2 Å². The molecule has 3 aromatic rings. The largest absolute Gasteiger partial charge is 0.456 e. The Hall–Kier alpha value is -1.28. The van der Waals surface area contributed by atoms with Gasteiger partial charge in [-0.15, -0.1) is 0 Å². The number of benzene rings is 2. The summed E-state index contributed by atoms with van der Waals surface area (Å²) in [4.78, 5) is 0. The summed E-state index contributed by atoms with van der Waals surface area (Å²) < 4.78 is 6.98. The van der Waals surface area contributed by atoms with Gasteiger partial charge in [-0.25, -0.2) is 0 Å². The lowest BCUT2D eigenvalue weighted by molar-refractivity contribution is 0.665. The standard InChI is InChI=1S/C14H11BrO/c1-8-6-9(2)14-10(7-8)13-11(15)4-3-5-12(13)16-14/h3-7H,1-2H3. The average Bonchev–Trinajstić information content (AvgIpc) is 2.58. The Labute approximate surface area is 102 Å². The monoisotopic (exact) mass is 274 g/mol. The molecule has 0 spiro atoms. The molecule has 0 N–H and O–H groups in total. The Morgan fingerprint density at radius 2 is 1.94 bits per heavy atom. The molecule has 0 fully saturated rings. The molecule has 1 heterocycles. The predicted octanol–water partition coefficient (Wildman–Crippen LogP) is 4.97. The van der Waals surface area contributed by atoms with Crippen molar-refractivity contribution in [2.75, 3.05) is 0 Å². The van der Waals surface area contributed by atoms with Gasteiger partial charge in [0.2, 0.25) is 0 Å². The minimum absolute atomic E-state index is 0.943. The van der Waals surface area contributed by atoms with Crippen LogP contribution in [0.1, 0.15) is 11.1 Å². The summed E-state index contributed by atoms with van der Waals surface area (Å²) >= 11 is 3.59. The van der Waals surface area contributed by atoms with E-state index in [0.29, 0.717) is 0 Å². The van der Waals surface area contributed by atoms with Gasteiger partial charge in [0.25, 0.3) is 0 Å². The first-order valence-corrected chi connectivity index (χ1v) is 6.04. The van der Waals surface area contributed by atoms with Crippen LogP contribution in [0, 0.1) is 13.8 Å². The van der Waals surface area contributed by atoms with Crippen molar-refractivity contribution in [3.63, 3.8) is 0 Å². The average molecular weight is 275 g/mol. The molecule has 0 saturated carbocycles. The Morgan fingerprint density at radius 1 is 1.12 bits per heavy atom. The second-order valence-corrected chi connectivity index (χ2v) is 5.03. The maximum absolute atomic E-state index is 5.89. The maximum Gasteiger partial charge on any atom is 0.138 e. The minimum atomic E-state index is 0.943. The Bertz CT molecular complexity index is 695. The van der Waals surface area contributed by atoms with Gasteiger partial charge in [-0.3, -0.25) is 0 Å². The summed E-state index contributed by atoms with van der Waals surface area (Å²) in [6.07, 6.45) is 0. The fourth-order valence-electron chi connectivity index (χ4n) is 2.24. The molecule has 0 aliphatic rings. The zero-order chi connectivity index (χ0) is 11.3. The minimum Gasteiger partial charge on any atom is -0.456 e. The fraction of sp³-hybridized carbons (Fsp3) is 0.143. The Kier molecular flexibility index (Phi) is 2.08. The number of hydrogen-bond donors (Lipinski definition) is 0. The quantitative estimate of drug-likeness (QED) is 0.564. The predicted molar refractivity (Wildman–Crippen MR) is 70.9 cm³/mol. The van der Waals surface area contributed by atoms with E-state index in [9.17, 15) is 0 Å². The van der Waals surface area contributed by atoms with Crippen LogP contribution in [-0.4, -0.2) is 0 Å². The third-order valence-corrected chi connectivity index (χ3v) is 3.54. The molecule has 3 rings (SSSR count). The van der Waals surface area contributed by atoms with Crippen LogP contribution in [0.5, 0.6) is 0 Å². The molecule has 0 radical (unpaired) electrons. The highest BCUT2D eigenvalue weighted by Gasteiger charge is 2.11. The number of aryl methyl sites for hydroxylation is 2. The molecule has 0 atom stereocenters. The van der Waals surface area contributed by atoms with E-state index in [2.05, 4.69) is 48.0 Å². The summed E-state index contributed by atoms with van der Waals surface area (Å²) in [5.41, 5.74) is 4.40. The van der Waals surface area contributed by atoms with Crippen LogP contribution in [0.25, 0.3) is 21.9 Å². The SMILES string of the molecule is Cc1cc(C)c2oc3cccc(Br)c3c2c1. The van der Waals surface area contributed by atoms with Crippen molar-refractivity contribution < 1.29 is 4.42 Å². The Balaban J connectivity index is 2.63. The van der Waals surface area contributed by atoms with Gasteiger partial charge in [0.15, 0.2) is 0 Å². The number of fused-ring (bicyclic) bond motifs is 3. The molecule has 1 aromatic heterocycles. The van der Waals surface area contributed by atoms with E-state index < -0.39 is 0 Å². The van der Waals surface area contributed by atoms with Gasteiger partial charge in [0.1, 0.15) is 11.2 Å². The van der Waals surface area contributed by atoms with Crippen molar-refractivity contribution >= 4 is 37.9 Å². The molecule has 2 heteroatoms. The number of furan rings is 1. The van der Waals surface area contributed by atoms with E-state index in [1.54, 1.807) is 0 Å². The molecule has 0 bridgehead atoms. The fourth-order valence-corrected chi connectivity index (χ4v) is 2.80. The molecular formula is C14H11BrO. The molecule has 2 aromatic carbocycles. The summed E-state index contributed by atoms with van der Waals surface area (Å²) in [5.74, 6) is 0. The topological polar surface area (TPSA) is 13.1 Å². The third kappa shape index (κ3) is 1.30. The third-order valence-electron chi connectivity index (χ3n) is 2.88. The van der Waals surface area contributed by atoms with Gasteiger partial charge >= 0.3 is 0 Å². The zero-order valence-corrected chi connectivity index (χ0v) is 10.8. The van der Waals surface area contributed by atoms with Crippen LogP contribution in [0.3, 0.4) is 0 Å². The van der Waals surface area contributed by atoms with Crippen molar-refractivity contribution in [2.45, 2.75) is 13.8 Å². The molecule has 16 heavy (non-hydrogen) atoms. The van der Waals surface area contributed by atoms with Crippen LogP contribution in [0.4, 0.5) is 0 Å². The van der Waals surface area contributed by atoms with Crippen molar-refractivity contribution in [3.05, 3.63) is 45.9 Å². The first-order valence-electron chi connectivity index (χ1n) is 5.25. The van der Waals surface area contributed by atoms with Gasteiger partial charge < -0.3 is 4.42 Å². The first kappa shape index (κ1) is 9.91. The molecule has 0 amide bonds. The number of halogens is 1. The van der Waals surface area contributed by atoms with Crippen molar-refractivity contribution in [1.29, 1.82) is 0 Å². The van der Waals surface area contributed by atoms with Crippen LogP contribution in [0.15, 0.2) is 39.2 Å². The summed E-state index contributed by atoms with van der Waals surface area (Å²) in [6, 6.07) is 10.4. The summed E-state index contributed by atoms with van der Waals surface area (Å²) in [5, 5.41) is 2.37. The van der Waals surface area contributed by atoms with Gasteiger partial charge in [-0.2, -0.15) is 0 Å². The molecule has 0 unspecified atom stereocenters. The van der Waals surface area contributed by atoms with Gasteiger partial charge in [0.05, 0.1) is 0 Å². The molecule has 0 aliphatic carbocycles. The normalized spacial score (nSPS) is 11.4. The Morgan fingerprint density at radius 3 is 2.75 bits per heavy atom. The van der Waals surface area contributed by atoms with Crippen LogP contribution < -0.4 is 0 Å². The zero-order valence-electron chi connectivity index (χ0n) is 9.17. The first-order chi connectivity index (χ1) is 7.66. The van der Waals surface area contributed by atoms with Gasteiger partial charge in [-0.1, -0.05) is 28.1 Å². The van der Waals surface area contributed by atoms with Crippen molar-refractivity contribution in [1.82, 2.24) is 0 Å². The van der Waals surface area contributed by atoms with Crippen molar-refractivity contribution in [3.8, 4) is 0 Å². The smallest absolute Gasteiger partial charge is 0.138 e. The van der Waals surface area contributed by atoms with E-state index in [-0.39, 0.29) is 0 Å². The van der Waals surface area contributed by atoms with Crippen LogP contribution in [-0.2, 0) is 0 Å². The summed E-state index contributed by atoms with van der Waals surface area (Å²) in [7, 11) is 0. The lowest BCUT2D eigenvalue weighted by atomic mass is 10.1. The van der Waals surface area contributed by atoms with Crippen molar-refractivity contribution in [2.24, 2.45) is 0 Å². The van der Waals surface area contributed by atoms with E-state index in [1.165, 1.54) is 21.9 Å². The highest BCUT2D eigenvalue weighted by atomic mass is 79.9.